The highest BCUT2D eigenvalue weighted by molar-refractivity contribution is 6.31. The minimum Gasteiger partial charge on any atom is -0.259 e. The first-order chi connectivity index (χ1) is 8.38. The Bertz CT molecular complexity index is 565. The summed E-state index contributed by atoms with van der Waals surface area (Å²) in [7, 11) is 0. The fourth-order valence-corrected chi connectivity index (χ4v) is 1.56. The lowest BCUT2D eigenvalue weighted by Gasteiger charge is -2.07. The second-order valence-electron chi connectivity index (χ2n) is 3.72. The maximum Gasteiger partial charge on any atom is 0.433 e. The van der Waals surface area contributed by atoms with Crippen molar-refractivity contribution in [2.45, 2.75) is 13.1 Å². The molecule has 2 heterocycles. The van der Waals surface area contributed by atoms with E-state index in [1.165, 1.54) is 6.07 Å². The summed E-state index contributed by atoms with van der Waals surface area (Å²) < 4.78 is 37.0. The van der Waals surface area contributed by atoms with Crippen LogP contribution < -0.4 is 0 Å². The molecule has 0 aromatic carbocycles. The molecule has 2 rings (SSSR count). The van der Waals surface area contributed by atoms with E-state index in [1.54, 1.807) is 19.2 Å². The molecule has 0 aliphatic heterocycles. The molecule has 0 saturated heterocycles. The topological polar surface area (TPSA) is 25.8 Å². The quantitative estimate of drug-likeness (QED) is 0.780. The molecule has 18 heavy (non-hydrogen) atoms. The van der Waals surface area contributed by atoms with Crippen molar-refractivity contribution in [3.8, 4) is 11.1 Å². The monoisotopic (exact) mass is 272 g/mol. The lowest BCUT2D eigenvalue weighted by molar-refractivity contribution is -0.141. The van der Waals surface area contributed by atoms with E-state index in [9.17, 15) is 13.2 Å². The van der Waals surface area contributed by atoms with Crippen LogP contribution in [0.5, 0.6) is 0 Å². The van der Waals surface area contributed by atoms with Gasteiger partial charge in [-0.25, -0.2) is 0 Å². The normalized spacial score (nSPS) is 11.6. The minimum atomic E-state index is -4.43. The van der Waals surface area contributed by atoms with Gasteiger partial charge in [0.25, 0.3) is 0 Å². The van der Waals surface area contributed by atoms with E-state index in [0.29, 0.717) is 21.8 Å². The van der Waals surface area contributed by atoms with E-state index in [-0.39, 0.29) is 0 Å². The molecule has 2 aromatic heterocycles. The molecule has 0 aliphatic rings. The molecule has 0 radical (unpaired) electrons. The van der Waals surface area contributed by atoms with Gasteiger partial charge in [0.1, 0.15) is 5.69 Å². The van der Waals surface area contributed by atoms with Crippen LogP contribution >= 0.6 is 11.6 Å². The van der Waals surface area contributed by atoms with Crippen molar-refractivity contribution in [3.05, 3.63) is 47.0 Å². The predicted molar refractivity (Wildman–Crippen MR) is 62.2 cm³/mol. The van der Waals surface area contributed by atoms with Crippen molar-refractivity contribution in [2.75, 3.05) is 0 Å². The number of alkyl halides is 3. The number of rotatable bonds is 1. The molecule has 2 aromatic rings. The van der Waals surface area contributed by atoms with Crippen LogP contribution in [0.3, 0.4) is 0 Å². The maximum atomic E-state index is 12.3. The van der Waals surface area contributed by atoms with Crippen molar-refractivity contribution < 1.29 is 13.2 Å². The second-order valence-corrected chi connectivity index (χ2v) is 4.13. The summed E-state index contributed by atoms with van der Waals surface area (Å²) in [5.74, 6) is 0. The molecule has 0 N–H and O–H groups in total. The van der Waals surface area contributed by atoms with Gasteiger partial charge in [-0.15, -0.1) is 0 Å². The van der Waals surface area contributed by atoms with Crippen LogP contribution in [0.15, 0.2) is 30.6 Å². The van der Waals surface area contributed by atoms with Gasteiger partial charge in [-0.2, -0.15) is 13.2 Å². The zero-order valence-corrected chi connectivity index (χ0v) is 10.0. The van der Waals surface area contributed by atoms with Gasteiger partial charge in [0.15, 0.2) is 0 Å². The Morgan fingerprint density at radius 1 is 1.06 bits per heavy atom. The van der Waals surface area contributed by atoms with Crippen molar-refractivity contribution in [3.63, 3.8) is 0 Å². The fraction of sp³-hybridized carbons (Fsp3) is 0.167. The fourth-order valence-electron chi connectivity index (χ4n) is 1.40. The average molecular weight is 273 g/mol. The molecule has 0 bridgehead atoms. The number of halogens is 4. The van der Waals surface area contributed by atoms with Crippen LogP contribution in [0.25, 0.3) is 11.1 Å². The van der Waals surface area contributed by atoms with Gasteiger partial charge in [0, 0.05) is 23.5 Å². The van der Waals surface area contributed by atoms with E-state index < -0.39 is 11.9 Å². The maximum absolute atomic E-state index is 12.3. The number of aryl methyl sites for hydroxylation is 1. The van der Waals surface area contributed by atoms with Crippen LogP contribution in [0.2, 0.25) is 5.02 Å². The van der Waals surface area contributed by atoms with Gasteiger partial charge in [-0.1, -0.05) is 17.7 Å². The SMILES string of the molecule is Cc1ncc(-c2ccc(C(F)(F)F)nc2)cc1Cl. The molecule has 0 atom stereocenters. The Hall–Kier alpha value is -1.62. The molecule has 94 valence electrons. The molecule has 0 amide bonds. The van der Waals surface area contributed by atoms with Gasteiger partial charge in [0.2, 0.25) is 0 Å². The van der Waals surface area contributed by atoms with Crippen molar-refractivity contribution in [1.29, 1.82) is 0 Å². The van der Waals surface area contributed by atoms with E-state index in [4.69, 9.17) is 11.6 Å². The summed E-state index contributed by atoms with van der Waals surface area (Å²) >= 11 is 5.90. The summed E-state index contributed by atoms with van der Waals surface area (Å²) in [5.41, 5.74) is 0.918. The highest BCUT2D eigenvalue weighted by Gasteiger charge is 2.32. The van der Waals surface area contributed by atoms with Crippen LogP contribution in [-0.4, -0.2) is 9.97 Å². The zero-order chi connectivity index (χ0) is 13.3. The highest BCUT2D eigenvalue weighted by Crippen LogP contribution is 2.29. The second kappa shape index (κ2) is 4.57. The summed E-state index contributed by atoms with van der Waals surface area (Å²) in [6.07, 6.45) is -1.72. The average Bonchev–Trinajstić information content (AvgIpc) is 2.32. The van der Waals surface area contributed by atoms with Crippen molar-refractivity contribution in [1.82, 2.24) is 9.97 Å². The number of pyridine rings is 2. The molecule has 0 fully saturated rings. The summed E-state index contributed by atoms with van der Waals surface area (Å²) in [6.45, 7) is 1.75. The van der Waals surface area contributed by atoms with E-state index in [2.05, 4.69) is 9.97 Å². The summed E-state index contributed by atoms with van der Waals surface area (Å²) in [6, 6.07) is 3.93. The van der Waals surface area contributed by atoms with Crippen LogP contribution in [0.1, 0.15) is 11.4 Å². The standard InChI is InChI=1S/C12H8ClF3N2/c1-7-10(13)4-9(6-17-7)8-2-3-11(18-5-8)12(14,15)16/h2-6H,1H3. The van der Waals surface area contributed by atoms with Gasteiger partial charge >= 0.3 is 6.18 Å². The third kappa shape index (κ3) is 2.61. The molecule has 0 saturated carbocycles. The van der Waals surface area contributed by atoms with Gasteiger partial charge in [-0.3, -0.25) is 9.97 Å². The third-order valence-electron chi connectivity index (χ3n) is 2.41. The number of hydrogen-bond donors (Lipinski definition) is 0. The largest absolute Gasteiger partial charge is 0.433 e. The number of hydrogen-bond acceptors (Lipinski definition) is 2. The van der Waals surface area contributed by atoms with E-state index in [0.717, 1.165) is 12.3 Å². The molecule has 0 unspecified atom stereocenters. The highest BCUT2D eigenvalue weighted by atomic mass is 35.5. The Balaban J connectivity index is 2.37. The molecule has 6 heteroatoms. The summed E-state index contributed by atoms with van der Waals surface area (Å²) in [4.78, 5) is 7.43. The summed E-state index contributed by atoms with van der Waals surface area (Å²) in [5, 5.41) is 0.465. The first-order valence-electron chi connectivity index (χ1n) is 5.03. The van der Waals surface area contributed by atoms with Gasteiger partial charge < -0.3 is 0 Å². The Labute approximate surface area is 106 Å². The number of nitrogens with zero attached hydrogens (tertiary/aromatic N) is 2. The van der Waals surface area contributed by atoms with Gasteiger partial charge in [0.05, 0.1) is 10.7 Å². The first kappa shape index (κ1) is 12.8. The van der Waals surface area contributed by atoms with Crippen molar-refractivity contribution in [2.24, 2.45) is 0 Å². The zero-order valence-electron chi connectivity index (χ0n) is 9.29. The lowest BCUT2D eigenvalue weighted by Crippen LogP contribution is -2.07. The molecule has 2 nitrogen and oxygen atoms in total. The lowest BCUT2D eigenvalue weighted by atomic mass is 10.1. The predicted octanol–water partition coefficient (Wildman–Crippen LogP) is 4.12. The Kier molecular flexibility index (Phi) is 3.26. The molecular formula is C12H8ClF3N2. The number of aromatic nitrogens is 2. The molecule has 0 spiro atoms. The van der Waals surface area contributed by atoms with E-state index in [1.807, 2.05) is 0 Å². The van der Waals surface area contributed by atoms with Gasteiger partial charge in [-0.05, 0) is 19.1 Å². The smallest absolute Gasteiger partial charge is 0.259 e. The molecular weight excluding hydrogens is 265 g/mol. The Morgan fingerprint density at radius 2 is 1.72 bits per heavy atom. The Morgan fingerprint density at radius 3 is 2.22 bits per heavy atom. The van der Waals surface area contributed by atoms with Crippen LogP contribution in [0, 0.1) is 6.92 Å². The van der Waals surface area contributed by atoms with Crippen LogP contribution in [-0.2, 0) is 6.18 Å². The minimum absolute atomic E-state index is 0.465. The van der Waals surface area contributed by atoms with Crippen molar-refractivity contribution >= 4 is 11.6 Å². The first-order valence-corrected chi connectivity index (χ1v) is 5.41. The molecule has 0 aliphatic carbocycles. The van der Waals surface area contributed by atoms with Crippen LogP contribution in [0.4, 0.5) is 13.2 Å². The third-order valence-corrected chi connectivity index (χ3v) is 2.80. The van der Waals surface area contributed by atoms with E-state index >= 15 is 0 Å².